The molecule has 1 aromatic heterocycles. The largest absolute Gasteiger partial charge is 0.495 e. The number of halogens is 1. The van der Waals surface area contributed by atoms with Crippen LogP contribution in [0.25, 0.3) is 22.0 Å². The number of hydrogen-bond acceptors (Lipinski definition) is 3. The minimum atomic E-state index is -0.128. The van der Waals surface area contributed by atoms with Crippen molar-refractivity contribution in [2.45, 2.75) is 6.92 Å². The van der Waals surface area contributed by atoms with Crippen LogP contribution in [0.3, 0.4) is 0 Å². The Morgan fingerprint density at radius 2 is 1.86 bits per heavy atom. The predicted molar refractivity (Wildman–Crippen MR) is 84.1 cm³/mol. The maximum atomic E-state index is 11.9. The Bertz CT molecular complexity index is 887. The van der Waals surface area contributed by atoms with Crippen molar-refractivity contribution in [1.29, 1.82) is 0 Å². The molecule has 0 aliphatic carbocycles. The van der Waals surface area contributed by atoms with Gasteiger partial charge in [0.25, 0.3) is 5.56 Å². The molecule has 5 heteroatoms. The molecule has 0 fully saturated rings. The van der Waals surface area contributed by atoms with E-state index in [1.54, 1.807) is 20.1 Å². The Labute approximate surface area is 126 Å². The van der Waals surface area contributed by atoms with Crippen molar-refractivity contribution in [2.75, 3.05) is 7.11 Å². The molecule has 0 spiro atoms. The van der Waals surface area contributed by atoms with Crippen molar-refractivity contribution in [3.8, 4) is 16.9 Å². The van der Waals surface area contributed by atoms with Crippen LogP contribution in [0.2, 0.25) is 5.02 Å². The van der Waals surface area contributed by atoms with Crippen molar-refractivity contribution in [1.82, 2.24) is 9.97 Å². The molecule has 0 saturated carbocycles. The highest BCUT2D eigenvalue weighted by molar-refractivity contribution is 6.32. The van der Waals surface area contributed by atoms with Crippen LogP contribution in [0.1, 0.15) is 5.82 Å². The normalized spacial score (nSPS) is 10.8. The first-order valence-electron chi connectivity index (χ1n) is 6.43. The van der Waals surface area contributed by atoms with E-state index in [-0.39, 0.29) is 5.56 Å². The van der Waals surface area contributed by atoms with Gasteiger partial charge in [0.1, 0.15) is 11.6 Å². The van der Waals surface area contributed by atoms with Gasteiger partial charge >= 0.3 is 0 Å². The number of aryl methyl sites for hydroxylation is 1. The van der Waals surface area contributed by atoms with Crippen molar-refractivity contribution < 1.29 is 4.74 Å². The third-order valence-electron chi connectivity index (χ3n) is 3.31. The van der Waals surface area contributed by atoms with Crippen molar-refractivity contribution in [3.63, 3.8) is 0 Å². The van der Waals surface area contributed by atoms with E-state index in [0.717, 1.165) is 11.1 Å². The van der Waals surface area contributed by atoms with Crippen molar-refractivity contribution in [3.05, 3.63) is 57.6 Å². The fourth-order valence-corrected chi connectivity index (χ4v) is 2.54. The highest BCUT2D eigenvalue weighted by Gasteiger charge is 2.07. The van der Waals surface area contributed by atoms with Gasteiger partial charge in [-0.3, -0.25) is 4.79 Å². The van der Waals surface area contributed by atoms with Gasteiger partial charge in [-0.25, -0.2) is 4.98 Å². The smallest absolute Gasteiger partial charge is 0.258 e. The van der Waals surface area contributed by atoms with E-state index in [9.17, 15) is 4.79 Å². The lowest BCUT2D eigenvalue weighted by atomic mass is 10.0. The monoisotopic (exact) mass is 300 g/mol. The summed E-state index contributed by atoms with van der Waals surface area (Å²) < 4.78 is 5.15. The molecule has 106 valence electrons. The topological polar surface area (TPSA) is 55.0 Å². The first kappa shape index (κ1) is 13.6. The summed E-state index contributed by atoms with van der Waals surface area (Å²) in [6, 6.07) is 11.1. The van der Waals surface area contributed by atoms with Gasteiger partial charge in [-0.2, -0.15) is 0 Å². The molecule has 0 bridgehead atoms. The summed E-state index contributed by atoms with van der Waals surface area (Å²) in [4.78, 5) is 18.9. The lowest BCUT2D eigenvalue weighted by Crippen LogP contribution is -2.09. The van der Waals surface area contributed by atoms with Crippen LogP contribution in [0.5, 0.6) is 5.75 Å². The lowest BCUT2D eigenvalue weighted by Gasteiger charge is -2.07. The number of nitrogens with zero attached hydrogens (tertiary/aromatic N) is 1. The Morgan fingerprint density at radius 3 is 2.57 bits per heavy atom. The number of ether oxygens (including phenoxy) is 1. The molecule has 0 atom stereocenters. The highest BCUT2D eigenvalue weighted by Crippen LogP contribution is 2.30. The van der Waals surface area contributed by atoms with Crippen LogP contribution in [-0.4, -0.2) is 17.1 Å². The van der Waals surface area contributed by atoms with Crippen LogP contribution >= 0.6 is 11.6 Å². The molecule has 1 N–H and O–H groups in total. The average Bonchev–Trinajstić information content (AvgIpc) is 2.46. The van der Waals surface area contributed by atoms with Gasteiger partial charge in [0, 0.05) is 0 Å². The Morgan fingerprint density at radius 1 is 1.14 bits per heavy atom. The van der Waals surface area contributed by atoms with Gasteiger partial charge in [0.05, 0.1) is 23.0 Å². The van der Waals surface area contributed by atoms with E-state index in [1.807, 2.05) is 30.3 Å². The van der Waals surface area contributed by atoms with E-state index >= 15 is 0 Å². The van der Waals surface area contributed by atoms with Crippen molar-refractivity contribution >= 4 is 22.5 Å². The first-order valence-corrected chi connectivity index (χ1v) is 6.81. The Hall–Kier alpha value is -2.33. The number of benzene rings is 2. The third-order valence-corrected chi connectivity index (χ3v) is 3.61. The number of nitrogens with one attached hydrogen (secondary N) is 1. The molecule has 21 heavy (non-hydrogen) atoms. The maximum absolute atomic E-state index is 11.9. The van der Waals surface area contributed by atoms with Gasteiger partial charge in [-0.15, -0.1) is 0 Å². The summed E-state index contributed by atoms with van der Waals surface area (Å²) in [6.45, 7) is 1.76. The van der Waals surface area contributed by atoms with Crippen LogP contribution < -0.4 is 10.3 Å². The average molecular weight is 301 g/mol. The van der Waals surface area contributed by atoms with Crippen LogP contribution in [0.15, 0.2) is 41.2 Å². The minimum absolute atomic E-state index is 0.128. The Kier molecular flexibility index (Phi) is 3.39. The molecule has 0 radical (unpaired) electrons. The molecule has 0 aliphatic rings. The second-order valence-corrected chi connectivity index (χ2v) is 5.14. The molecular formula is C16H13ClN2O2. The van der Waals surface area contributed by atoms with Gasteiger partial charge < -0.3 is 9.72 Å². The minimum Gasteiger partial charge on any atom is -0.495 e. The molecule has 0 amide bonds. The predicted octanol–water partition coefficient (Wildman–Crippen LogP) is 3.56. The van der Waals surface area contributed by atoms with E-state index < -0.39 is 0 Å². The number of rotatable bonds is 2. The fraction of sp³-hybridized carbons (Fsp3) is 0.125. The molecule has 3 aromatic rings. The van der Waals surface area contributed by atoms with Gasteiger partial charge in [-0.05, 0) is 42.3 Å². The van der Waals surface area contributed by atoms with E-state index in [0.29, 0.717) is 27.5 Å². The molecule has 1 heterocycles. The Balaban J connectivity index is 2.17. The van der Waals surface area contributed by atoms with E-state index in [4.69, 9.17) is 16.3 Å². The molecule has 2 aromatic carbocycles. The number of hydrogen-bond donors (Lipinski definition) is 1. The second kappa shape index (κ2) is 5.22. The SMILES string of the molecule is COc1ccc(-c2ccc3c(=O)[nH]c(C)nc3c2)cc1Cl. The second-order valence-electron chi connectivity index (χ2n) is 4.73. The number of fused-ring (bicyclic) bond motifs is 1. The van der Waals surface area contributed by atoms with Gasteiger partial charge in [-0.1, -0.05) is 23.7 Å². The molecule has 0 aliphatic heterocycles. The fourth-order valence-electron chi connectivity index (χ4n) is 2.28. The molecule has 0 unspecified atom stereocenters. The summed E-state index contributed by atoms with van der Waals surface area (Å²) >= 11 is 6.15. The zero-order chi connectivity index (χ0) is 15.0. The van der Waals surface area contributed by atoms with Crippen molar-refractivity contribution in [2.24, 2.45) is 0 Å². The number of aromatic amines is 1. The summed E-state index contributed by atoms with van der Waals surface area (Å²) in [5, 5.41) is 1.12. The van der Waals surface area contributed by atoms with Crippen LogP contribution in [0, 0.1) is 6.92 Å². The molecule has 3 rings (SSSR count). The summed E-state index contributed by atoms with van der Waals surface area (Å²) in [5.41, 5.74) is 2.43. The first-order chi connectivity index (χ1) is 10.1. The van der Waals surface area contributed by atoms with Crippen LogP contribution in [-0.2, 0) is 0 Å². The number of aromatic nitrogens is 2. The third kappa shape index (κ3) is 2.50. The number of methoxy groups -OCH3 is 1. The summed E-state index contributed by atoms with van der Waals surface area (Å²) in [7, 11) is 1.58. The zero-order valence-corrected chi connectivity index (χ0v) is 12.4. The van der Waals surface area contributed by atoms with Gasteiger partial charge in [0.2, 0.25) is 0 Å². The van der Waals surface area contributed by atoms with E-state index in [1.165, 1.54) is 0 Å². The molecular weight excluding hydrogens is 288 g/mol. The summed E-state index contributed by atoms with van der Waals surface area (Å²) in [6.07, 6.45) is 0. The van der Waals surface area contributed by atoms with E-state index in [2.05, 4.69) is 9.97 Å². The molecule has 4 nitrogen and oxygen atoms in total. The zero-order valence-electron chi connectivity index (χ0n) is 11.6. The standard InChI is InChI=1S/C16H13ClN2O2/c1-9-18-14-8-11(3-5-12(14)16(20)19-9)10-4-6-15(21-2)13(17)7-10/h3-8H,1-2H3,(H,18,19,20). The maximum Gasteiger partial charge on any atom is 0.258 e. The summed E-state index contributed by atoms with van der Waals surface area (Å²) in [5.74, 6) is 1.23. The van der Waals surface area contributed by atoms with Crippen LogP contribution in [0.4, 0.5) is 0 Å². The highest BCUT2D eigenvalue weighted by atomic mass is 35.5. The molecule has 0 saturated heterocycles. The lowest BCUT2D eigenvalue weighted by molar-refractivity contribution is 0.415. The number of H-pyrrole nitrogens is 1. The quantitative estimate of drug-likeness (QED) is 0.787. The van der Waals surface area contributed by atoms with Gasteiger partial charge in [0.15, 0.2) is 0 Å².